The molecule has 2 aliphatic rings. The number of rotatable bonds is 6. The van der Waals surface area contributed by atoms with Gasteiger partial charge >= 0.3 is 0 Å². The highest BCUT2D eigenvalue weighted by molar-refractivity contribution is 5.99. The Balaban J connectivity index is 1.37. The minimum Gasteiger partial charge on any atom is -0.387 e. The average Bonchev–Trinajstić information content (AvgIpc) is 3.46. The highest BCUT2D eigenvalue weighted by atomic mass is 19.1. The van der Waals surface area contributed by atoms with Crippen LogP contribution >= 0.6 is 0 Å². The molecule has 1 saturated heterocycles. The summed E-state index contributed by atoms with van der Waals surface area (Å²) in [5, 5.41) is 12.8. The Hall–Kier alpha value is -2.45. The maximum atomic E-state index is 14.1. The summed E-state index contributed by atoms with van der Waals surface area (Å²) >= 11 is 0. The van der Waals surface area contributed by atoms with E-state index in [0.29, 0.717) is 29.2 Å². The zero-order valence-electron chi connectivity index (χ0n) is 18.9. The van der Waals surface area contributed by atoms with Crippen LogP contribution in [-0.4, -0.2) is 76.1 Å². The van der Waals surface area contributed by atoms with Crippen molar-refractivity contribution in [3.8, 4) is 0 Å². The number of carbonyl (C=O) groups is 2. The van der Waals surface area contributed by atoms with Crippen molar-refractivity contribution < 1.29 is 19.1 Å². The normalized spacial score (nSPS) is 24.1. The number of aliphatic hydroxyl groups excluding tert-OH is 1. The number of nitrogens with one attached hydrogen (secondary N) is 2. The fraction of sp³-hybridized carbons (Fsp3) is 0.583. The first kappa shape index (κ1) is 22.7. The van der Waals surface area contributed by atoms with Gasteiger partial charge in [-0.15, -0.1) is 0 Å². The van der Waals surface area contributed by atoms with Crippen molar-refractivity contribution >= 4 is 22.7 Å². The van der Waals surface area contributed by atoms with Crippen molar-refractivity contribution in [3.05, 3.63) is 35.3 Å². The van der Waals surface area contributed by atoms with Crippen LogP contribution in [0.1, 0.15) is 55.1 Å². The SMILES string of the molecule is CCN(C(=O)CO)[C@H]1CCN([C@H]2CCC[C@@H](NC(=O)c3cc4c(F)ccc(C)c4[nH]3)C2)C1. The number of aliphatic hydroxyl groups is 1. The zero-order valence-corrected chi connectivity index (χ0v) is 18.9. The lowest BCUT2D eigenvalue weighted by atomic mass is 9.90. The van der Waals surface area contributed by atoms with E-state index >= 15 is 0 Å². The van der Waals surface area contributed by atoms with E-state index in [4.69, 9.17) is 0 Å². The zero-order chi connectivity index (χ0) is 22.8. The van der Waals surface area contributed by atoms with Gasteiger partial charge in [0, 0.05) is 43.1 Å². The second-order valence-corrected chi connectivity index (χ2v) is 9.10. The molecule has 0 unspecified atom stereocenters. The first-order valence-corrected chi connectivity index (χ1v) is 11.6. The predicted octanol–water partition coefficient (Wildman–Crippen LogP) is 2.57. The van der Waals surface area contributed by atoms with Crippen molar-refractivity contribution in [3.63, 3.8) is 0 Å². The van der Waals surface area contributed by atoms with Crippen molar-refractivity contribution in [1.82, 2.24) is 20.1 Å². The van der Waals surface area contributed by atoms with Gasteiger partial charge in [-0.1, -0.05) is 6.07 Å². The topological polar surface area (TPSA) is 88.7 Å². The largest absolute Gasteiger partial charge is 0.387 e. The van der Waals surface area contributed by atoms with E-state index in [9.17, 15) is 19.1 Å². The van der Waals surface area contributed by atoms with E-state index in [0.717, 1.165) is 50.8 Å². The van der Waals surface area contributed by atoms with Crippen molar-refractivity contribution in [2.75, 3.05) is 26.2 Å². The number of aryl methyl sites for hydroxylation is 1. The molecule has 4 rings (SSSR count). The molecule has 0 radical (unpaired) electrons. The molecule has 2 aromatic rings. The van der Waals surface area contributed by atoms with E-state index in [1.807, 2.05) is 13.8 Å². The van der Waals surface area contributed by atoms with Gasteiger partial charge < -0.3 is 20.3 Å². The minimum atomic E-state index is -0.445. The Morgan fingerprint density at radius 2 is 2.12 bits per heavy atom. The molecule has 3 N–H and O–H groups in total. The monoisotopic (exact) mass is 444 g/mol. The number of likely N-dealkylation sites (tertiary alicyclic amines) is 1. The number of likely N-dealkylation sites (N-methyl/N-ethyl adjacent to an activating group) is 1. The average molecular weight is 445 g/mol. The van der Waals surface area contributed by atoms with Crippen LogP contribution in [0.4, 0.5) is 4.39 Å². The maximum absolute atomic E-state index is 14.1. The van der Waals surface area contributed by atoms with Crippen LogP contribution in [0.2, 0.25) is 0 Å². The van der Waals surface area contributed by atoms with E-state index in [1.165, 1.54) is 6.07 Å². The summed E-state index contributed by atoms with van der Waals surface area (Å²) in [6.45, 7) is 5.73. The van der Waals surface area contributed by atoms with Crippen molar-refractivity contribution in [2.45, 2.75) is 64.1 Å². The van der Waals surface area contributed by atoms with Gasteiger partial charge in [0.05, 0.1) is 5.52 Å². The second kappa shape index (κ2) is 9.58. The van der Waals surface area contributed by atoms with Gasteiger partial charge in [0.2, 0.25) is 5.91 Å². The molecule has 1 aliphatic carbocycles. The molecule has 1 aromatic heterocycles. The molecule has 1 aromatic carbocycles. The molecule has 0 bridgehead atoms. The first-order chi connectivity index (χ1) is 15.4. The number of fused-ring (bicyclic) bond motifs is 1. The highest BCUT2D eigenvalue weighted by Crippen LogP contribution is 2.28. The summed E-state index contributed by atoms with van der Waals surface area (Å²) in [4.78, 5) is 32.2. The summed E-state index contributed by atoms with van der Waals surface area (Å²) in [5.74, 6) is -0.739. The molecule has 32 heavy (non-hydrogen) atoms. The van der Waals surface area contributed by atoms with Crippen molar-refractivity contribution in [1.29, 1.82) is 0 Å². The Kier molecular flexibility index (Phi) is 6.81. The summed E-state index contributed by atoms with van der Waals surface area (Å²) in [7, 11) is 0. The molecule has 7 nitrogen and oxygen atoms in total. The molecule has 2 heterocycles. The third-order valence-electron chi connectivity index (χ3n) is 7.12. The quantitative estimate of drug-likeness (QED) is 0.639. The second-order valence-electron chi connectivity index (χ2n) is 9.10. The third kappa shape index (κ3) is 4.52. The number of aromatic amines is 1. The fourth-order valence-corrected chi connectivity index (χ4v) is 5.42. The molecule has 0 spiro atoms. The number of aromatic nitrogens is 1. The smallest absolute Gasteiger partial charge is 0.267 e. The fourth-order valence-electron chi connectivity index (χ4n) is 5.42. The predicted molar refractivity (Wildman–Crippen MR) is 121 cm³/mol. The van der Waals surface area contributed by atoms with Gasteiger partial charge in [0.25, 0.3) is 5.91 Å². The summed E-state index contributed by atoms with van der Waals surface area (Å²) in [5.41, 5.74) is 1.96. The number of nitrogens with zero attached hydrogens (tertiary/aromatic N) is 2. The van der Waals surface area contributed by atoms with Gasteiger partial charge in [-0.3, -0.25) is 14.5 Å². The Morgan fingerprint density at radius 1 is 1.31 bits per heavy atom. The van der Waals surface area contributed by atoms with Gasteiger partial charge in [-0.25, -0.2) is 4.39 Å². The Bertz CT molecular complexity index is 952. The number of benzene rings is 1. The lowest BCUT2D eigenvalue weighted by molar-refractivity contribution is -0.136. The molecule has 2 fully saturated rings. The number of halogens is 1. The van der Waals surface area contributed by atoms with Crippen LogP contribution in [-0.2, 0) is 4.79 Å². The summed E-state index contributed by atoms with van der Waals surface area (Å²) in [6.07, 6.45) is 4.82. The van der Waals surface area contributed by atoms with Crippen LogP contribution in [0.15, 0.2) is 18.2 Å². The standard InChI is InChI=1S/C24H33FN4O3/c1-3-29(22(31)14-30)18-9-10-28(13-18)17-6-4-5-16(11-17)26-24(32)21-12-19-20(25)8-7-15(2)23(19)27-21/h7-8,12,16-18,27,30H,3-6,9-11,13-14H2,1-2H3,(H,26,32)/t16-,17+,18+/m1/s1. The van der Waals surface area contributed by atoms with Crippen LogP contribution in [0, 0.1) is 12.7 Å². The van der Waals surface area contributed by atoms with Crippen LogP contribution in [0.25, 0.3) is 10.9 Å². The first-order valence-electron chi connectivity index (χ1n) is 11.6. The molecule has 1 aliphatic heterocycles. The summed E-state index contributed by atoms with van der Waals surface area (Å²) < 4.78 is 14.1. The summed E-state index contributed by atoms with van der Waals surface area (Å²) in [6, 6.07) is 5.30. The number of hydrogen-bond acceptors (Lipinski definition) is 4. The molecular formula is C24H33FN4O3. The van der Waals surface area contributed by atoms with E-state index in [2.05, 4.69) is 15.2 Å². The van der Waals surface area contributed by atoms with Gasteiger partial charge in [0.1, 0.15) is 18.1 Å². The van der Waals surface area contributed by atoms with Crippen molar-refractivity contribution in [2.24, 2.45) is 0 Å². The van der Waals surface area contributed by atoms with Gasteiger partial charge in [0.15, 0.2) is 0 Å². The molecule has 8 heteroatoms. The number of amides is 2. The third-order valence-corrected chi connectivity index (χ3v) is 7.12. The lowest BCUT2D eigenvalue weighted by Gasteiger charge is -2.36. The highest BCUT2D eigenvalue weighted by Gasteiger charge is 2.35. The van der Waals surface area contributed by atoms with Crippen LogP contribution < -0.4 is 5.32 Å². The molecular weight excluding hydrogens is 411 g/mol. The number of hydrogen-bond donors (Lipinski definition) is 3. The van der Waals surface area contributed by atoms with Gasteiger partial charge in [-0.05, 0) is 63.6 Å². The lowest BCUT2D eigenvalue weighted by Crippen LogP contribution is -2.47. The van der Waals surface area contributed by atoms with E-state index < -0.39 is 6.61 Å². The van der Waals surface area contributed by atoms with Gasteiger partial charge in [-0.2, -0.15) is 0 Å². The number of H-pyrrole nitrogens is 1. The Labute approximate surface area is 188 Å². The molecule has 2 amide bonds. The van der Waals surface area contributed by atoms with Crippen LogP contribution in [0.3, 0.4) is 0 Å². The molecule has 1 saturated carbocycles. The van der Waals surface area contributed by atoms with E-state index in [-0.39, 0.29) is 29.7 Å². The maximum Gasteiger partial charge on any atom is 0.267 e. The molecule has 3 atom stereocenters. The minimum absolute atomic E-state index is 0.0685. The molecule has 174 valence electrons. The van der Waals surface area contributed by atoms with E-state index in [1.54, 1.807) is 17.0 Å². The van der Waals surface area contributed by atoms with Crippen LogP contribution in [0.5, 0.6) is 0 Å². The Morgan fingerprint density at radius 3 is 2.84 bits per heavy atom. The number of carbonyl (C=O) groups excluding carboxylic acids is 2.